The summed E-state index contributed by atoms with van der Waals surface area (Å²) in [6, 6.07) is 5.86. The van der Waals surface area contributed by atoms with Crippen molar-refractivity contribution in [2.24, 2.45) is 0 Å². The van der Waals surface area contributed by atoms with Crippen molar-refractivity contribution in [1.82, 2.24) is 9.80 Å². The number of phenols is 1. The van der Waals surface area contributed by atoms with E-state index in [1.807, 2.05) is 17.9 Å². The van der Waals surface area contributed by atoms with Crippen molar-refractivity contribution in [2.75, 3.05) is 26.2 Å². The second-order valence-electron chi connectivity index (χ2n) is 7.06. The number of nitrogens with zero attached hydrogens (tertiary/aromatic N) is 2. The molecule has 0 saturated carbocycles. The summed E-state index contributed by atoms with van der Waals surface area (Å²) in [5.41, 5.74) is 4.35. The first kappa shape index (κ1) is 16.2. The molecule has 0 bridgehead atoms. The summed E-state index contributed by atoms with van der Waals surface area (Å²) >= 11 is 0. The molecule has 1 aromatic heterocycles. The van der Waals surface area contributed by atoms with E-state index in [-0.39, 0.29) is 5.91 Å². The minimum Gasteiger partial charge on any atom is -0.508 e. The third-order valence-electron chi connectivity index (χ3n) is 5.44. The van der Waals surface area contributed by atoms with E-state index in [2.05, 4.69) is 11.0 Å². The monoisotopic (exact) mass is 340 g/mol. The predicted molar refractivity (Wildman–Crippen MR) is 94.8 cm³/mol. The average molecular weight is 340 g/mol. The van der Waals surface area contributed by atoms with Gasteiger partial charge in [-0.3, -0.25) is 9.69 Å². The average Bonchev–Trinajstić information content (AvgIpc) is 3.23. The summed E-state index contributed by atoms with van der Waals surface area (Å²) in [6.45, 7) is 5.61. The number of carbonyl (C=O) groups excluding carboxylic acids is 1. The number of fused-ring (bicyclic) bond motifs is 1. The van der Waals surface area contributed by atoms with E-state index < -0.39 is 0 Å². The lowest BCUT2D eigenvalue weighted by Gasteiger charge is -2.34. The Bertz CT molecular complexity index is 788. The van der Waals surface area contributed by atoms with Crippen LogP contribution in [0.1, 0.15) is 39.2 Å². The normalized spacial score (nSPS) is 17.7. The van der Waals surface area contributed by atoms with Gasteiger partial charge < -0.3 is 14.4 Å². The van der Waals surface area contributed by atoms with E-state index in [0.29, 0.717) is 30.2 Å². The Morgan fingerprint density at radius 2 is 1.88 bits per heavy atom. The van der Waals surface area contributed by atoms with Crippen LogP contribution in [0.5, 0.6) is 5.75 Å². The van der Waals surface area contributed by atoms with Crippen LogP contribution >= 0.6 is 0 Å². The van der Waals surface area contributed by atoms with E-state index in [0.717, 1.165) is 38.0 Å². The molecule has 2 aromatic rings. The molecule has 5 nitrogen and oxygen atoms in total. The number of hydrogen-bond acceptors (Lipinski definition) is 4. The van der Waals surface area contributed by atoms with Crippen molar-refractivity contribution in [3.63, 3.8) is 0 Å². The summed E-state index contributed by atoms with van der Waals surface area (Å²) < 4.78 is 5.24. The van der Waals surface area contributed by atoms with Gasteiger partial charge in [-0.2, -0.15) is 0 Å². The number of piperazine rings is 1. The zero-order chi connectivity index (χ0) is 17.4. The van der Waals surface area contributed by atoms with Crippen molar-refractivity contribution in [2.45, 2.75) is 32.7 Å². The molecule has 1 aromatic carbocycles. The van der Waals surface area contributed by atoms with Gasteiger partial charge in [-0.15, -0.1) is 0 Å². The van der Waals surface area contributed by atoms with Crippen LogP contribution < -0.4 is 0 Å². The Hall–Kier alpha value is -2.27. The van der Waals surface area contributed by atoms with E-state index in [4.69, 9.17) is 4.42 Å². The lowest BCUT2D eigenvalue weighted by atomic mass is 10.0. The molecule has 25 heavy (non-hydrogen) atoms. The lowest BCUT2D eigenvalue weighted by Crippen LogP contribution is -2.48. The van der Waals surface area contributed by atoms with Gasteiger partial charge in [-0.25, -0.2) is 0 Å². The number of benzene rings is 1. The van der Waals surface area contributed by atoms with E-state index >= 15 is 0 Å². The topological polar surface area (TPSA) is 56.9 Å². The van der Waals surface area contributed by atoms with E-state index in [1.165, 1.54) is 17.5 Å². The van der Waals surface area contributed by atoms with Gasteiger partial charge in [-0.1, -0.05) is 6.07 Å². The fourth-order valence-corrected chi connectivity index (χ4v) is 3.92. The molecule has 2 heterocycles. The second-order valence-corrected chi connectivity index (χ2v) is 7.06. The standard InChI is InChI=1S/C20H24N2O3/c1-14-18(5-10-25-14)20(24)22-8-6-21(7-9-22)13-17-11-15-3-2-4-16(15)12-19(17)23/h5,10-12,23H,2-4,6-9,13H2,1H3. The largest absolute Gasteiger partial charge is 0.508 e. The van der Waals surface area contributed by atoms with Crippen LogP contribution in [0.4, 0.5) is 0 Å². The van der Waals surface area contributed by atoms with Crippen LogP contribution in [0.25, 0.3) is 0 Å². The maximum Gasteiger partial charge on any atom is 0.257 e. The molecule has 1 N–H and O–H groups in total. The van der Waals surface area contributed by atoms with Crippen molar-refractivity contribution < 1.29 is 14.3 Å². The van der Waals surface area contributed by atoms with Crippen molar-refractivity contribution in [3.05, 3.63) is 52.5 Å². The molecule has 1 aliphatic heterocycles. The molecule has 1 amide bonds. The first-order chi connectivity index (χ1) is 12.1. The summed E-state index contributed by atoms with van der Waals surface area (Å²) in [5.74, 6) is 1.13. The highest BCUT2D eigenvalue weighted by molar-refractivity contribution is 5.95. The van der Waals surface area contributed by atoms with Crippen LogP contribution in [0.2, 0.25) is 0 Å². The van der Waals surface area contributed by atoms with Crippen LogP contribution in [0, 0.1) is 6.92 Å². The van der Waals surface area contributed by atoms with Crippen LogP contribution in [0.15, 0.2) is 28.9 Å². The van der Waals surface area contributed by atoms with E-state index in [1.54, 1.807) is 12.3 Å². The van der Waals surface area contributed by atoms with Gasteiger partial charge in [0.1, 0.15) is 11.5 Å². The van der Waals surface area contributed by atoms with Gasteiger partial charge >= 0.3 is 0 Å². The zero-order valence-electron chi connectivity index (χ0n) is 14.6. The SMILES string of the molecule is Cc1occc1C(=O)N1CCN(Cc2cc3c(cc2O)CCC3)CC1. The molecule has 0 atom stereocenters. The predicted octanol–water partition coefficient (Wildman–Crippen LogP) is 2.74. The highest BCUT2D eigenvalue weighted by Crippen LogP contribution is 2.30. The Kier molecular flexibility index (Phi) is 4.25. The third kappa shape index (κ3) is 3.16. The first-order valence-corrected chi connectivity index (χ1v) is 9.01. The molecular formula is C20H24N2O3. The minimum atomic E-state index is 0.0475. The fourth-order valence-electron chi connectivity index (χ4n) is 3.92. The molecule has 1 saturated heterocycles. The number of carbonyl (C=O) groups is 1. The van der Waals surface area contributed by atoms with Gasteiger partial charge in [-0.05, 0) is 49.4 Å². The van der Waals surface area contributed by atoms with Gasteiger partial charge in [0.05, 0.1) is 11.8 Å². The maximum atomic E-state index is 12.5. The minimum absolute atomic E-state index is 0.0475. The van der Waals surface area contributed by atoms with Gasteiger partial charge in [0.2, 0.25) is 0 Å². The van der Waals surface area contributed by atoms with Crippen LogP contribution in [-0.2, 0) is 19.4 Å². The molecule has 5 heteroatoms. The van der Waals surface area contributed by atoms with Crippen LogP contribution in [0.3, 0.4) is 0 Å². The maximum absolute atomic E-state index is 12.5. The summed E-state index contributed by atoms with van der Waals surface area (Å²) in [7, 11) is 0. The highest BCUT2D eigenvalue weighted by Gasteiger charge is 2.25. The Labute approximate surface area is 147 Å². The van der Waals surface area contributed by atoms with Crippen molar-refractivity contribution >= 4 is 5.91 Å². The third-order valence-corrected chi connectivity index (χ3v) is 5.44. The molecule has 1 aliphatic carbocycles. The van der Waals surface area contributed by atoms with Gasteiger partial charge in [0, 0.05) is 38.3 Å². The van der Waals surface area contributed by atoms with Gasteiger partial charge in [0.25, 0.3) is 5.91 Å². The number of hydrogen-bond donors (Lipinski definition) is 1. The Morgan fingerprint density at radius 3 is 2.56 bits per heavy atom. The number of amides is 1. The molecule has 2 aliphatic rings. The van der Waals surface area contributed by atoms with Gasteiger partial charge in [0.15, 0.2) is 0 Å². The summed E-state index contributed by atoms with van der Waals surface area (Å²) in [4.78, 5) is 16.7. The molecule has 1 fully saturated rings. The summed E-state index contributed by atoms with van der Waals surface area (Å²) in [5, 5.41) is 10.3. The van der Waals surface area contributed by atoms with Crippen molar-refractivity contribution in [3.8, 4) is 5.75 Å². The number of aromatic hydroxyl groups is 1. The molecule has 0 radical (unpaired) electrons. The van der Waals surface area contributed by atoms with E-state index in [9.17, 15) is 9.90 Å². The number of aryl methyl sites for hydroxylation is 3. The number of phenolic OH excluding ortho intramolecular Hbond substituents is 1. The first-order valence-electron chi connectivity index (χ1n) is 9.01. The zero-order valence-corrected chi connectivity index (χ0v) is 14.6. The molecule has 4 rings (SSSR count). The molecule has 0 spiro atoms. The molecule has 0 unspecified atom stereocenters. The van der Waals surface area contributed by atoms with Crippen molar-refractivity contribution in [1.29, 1.82) is 0 Å². The Morgan fingerprint density at radius 1 is 1.16 bits per heavy atom. The number of furan rings is 1. The summed E-state index contributed by atoms with van der Waals surface area (Å²) in [6.07, 6.45) is 4.95. The fraction of sp³-hybridized carbons (Fsp3) is 0.450. The Balaban J connectivity index is 1.38. The molecule has 132 valence electrons. The van der Waals surface area contributed by atoms with Crippen LogP contribution in [-0.4, -0.2) is 47.0 Å². The number of rotatable bonds is 3. The molecular weight excluding hydrogens is 316 g/mol. The second kappa shape index (κ2) is 6.56. The highest BCUT2D eigenvalue weighted by atomic mass is 16.3. The smallest absolute Gasteiger partial charge is 0.257 e. The quantitative estimate of drug-likeness (QED) is 0.933. The lowest BCUT2D eigenvalue weighted by molar-refractivity contribution is 0.0625.